The van der Waals surface area contributed by atoms with E-state index in [1.54, 1.807) is 7.11 Å². The topological polar surface area (TPSA) is 58.1 Å². The fraction of sp³-hybridized carbons (Fsp3) is 0.667. The van der Waals surface area contributed by atoms with Crippen molar-refractivity contribution in [1.82, 2.24) is 15.5 Å². The predicted octanol–water partition coefficient (Wildman–Crippen LogP) is 2.56. The van der Waals surface area contributed by atoms with Crippen LogP contribution in [0.25, 0.3) is 0 Å². The first-order chi connectivity index (χ1) is 13.2. The van der Waals surface area contributed by atoms with Gasteiger partial charge in [0.1, 0.15) is 5.75 Å². The van der Waals surface area contributed by atoms with E-state index in [-0.39, 0.29) is 6.04 Å². The van der Waals surface area contributed by atoms with E-state index >= 15 is 0 Å². The van der Waals surface area contributed by atoms with Gasteiger partial charge in [-0.05, 0) is 50.0 Å². The molecule has 2 bridgehead atoms. The van der Waals surface area contributed by atoms with Crippen molar-refractivity contribution >= 4 is 5.96 Å². The Morgan fingerprint density at radius 2 is 2.15 bits per heavy atom. The number of methoxy groups -OCH3 is 1. The molecule has 0 radical (unpaired) electrons. The molecular formula is C21H34N4O2. The molecule has 0 saturated carbocycles. The molecule has 2 fully saturated rings. The average Bonchev–Trinajstić information content (AvgIpc) is 3.33. The number of nitrogens with one attached hydrogen (secondary N) is 2. The van der Waals surface area contributed by atoms with Crippen molar-refractivity contribution in [2.45, 2.75) is 57.4 Å². The van der Waals surface area contributed by atoms with Crippen molar-refractivity contribution in [3.8, 4) is 5.75 Å². The van der Waals surface area contributed by atoms with Gasteiger partial charge in [-0.3, -0.25) is 9.89 Å². The number of hydrogen-bond donors (Lipinski definition) is 2. The molecule has 0 aliphatic carbocycles. The van der Waals surface area contributed by atoms with Crippen molar-refractivity contribution < 1.29 is 9.47 Å². The first-order valence-electron chi connectivity index (χ1n) is 10.2. The summed E-state index contributed by atoms with van der Waals surface area (Å²) in [5.74, 6) is 1.75. The van der Waals surface area contributed by atoms with Gasteiger partial charge in [0.25, 0.3) is 0 Å². The monoisotopic (exact) mass is 374 g/mol. The Kier molecular flexibility index (Phi) is 6.96. The van der Waals surface area contributed by atoms with E-state index < -0.39 is 0 Å². The molecule has 0 aromatic heterocycles. The fourth-order valence-corrected chi connectivity index (χ4v) is 4.32. The average molecular weight is 375 g/mol. The van der Waals surface area contributed by atoms with Crippen LogP contribution >= 0.6 is 0 Å². The zero-order valence-electron chi connectivity index (χ0n) is 17.1. The number of rotatable bonds is 8. The van der Waals surface area contributed by atoms with Crippen LogP contribution in [0.3, 0.4) is 0 Å². The van der Waals surface area contributed by atoms with Crippen molar-refractivity contribution in [2.75, 3.05) is 33.8 Å². The van der Waals surface area contributed by atoms with Crippen LogP contribution < -0.4 is 15.4 Å². The minimum absolute atomic E-state index is 0.255. The van der Waals surface area contributed by atoms with Crippen LogP contribution in [0.1, 0.15) is 44.7 Å². The number of fused-ring (bicyclic) bond motifs is 2. The van der Waals surface area contributed by atoms with Crippen LogP contribution in [-0.4, -0.2) is 62.9 Å². The summed E-state index contributed by atoms with van der Waals surface area (Å²) >= 11 is 0. The van der Waals surface area contributed by atoms with Gasteiger partial charge in [-0.15, -0.1) is 0 Å². The summed E-state index contributed by atoms with van der Waals surface area (Å²) in [6, 6.07) is 8.98. The van der Waals surface area contributed by atoms with Crippen molar-refractivity contribution in [3.63, 3.8) is 0 Å². The van der Waals surface area contributed by atoms with Gasteiger partial charge >= 0.3 is 0 Å². The van der Waals surface area contributed by atoms with E-state index in [1.165, 1.54) is 12.0 Å². The third kappa shape index (κ3) is 4.74. The molecule has 2 saturated heterocycles. The Hall–Kier alpha value is -1.79. The highest BCUT2D eigenvalue weighted by Crippen LogP contribution is 2.34. The molecule has 1 aromatic carbocycles. The Labute approximate surface area is 163 Å². The smallest absolute Gasteiger partial charge is 0.191 e. The Morgan fingerprint density at radius 3 is 2.74 bits per heavy atom. The molecular weight excluding hydrogens is 340 g/mol. The van der Waals surface area contributed by atoms with Crippen LogP contribution in [0.2, 0.25) is 0 Å². The number of aliphatic imine (C=N–C) groups is 1. The minimum Gasteiger partial charge on any atom is -0.497 e. The second-order valence-electron chi connectivity index (χ2n) is 7.33. The number of ether oxygens (including phenoxy) is 2. The summed E-state index contributed by atoms with van der Waals surface area (Å²) in [5.41, 5.74) is 1.25. The molecule has 2 aliphatic heterocycles. The summed E-state index contributed by atoms with van der Waals surface area (Å²) < 4.78 is 11.4. The van der Waals surface area contributed by atoms with Gasteiger partial charge in [-0.25, -0.2) is 0 Å². The quantitative estimate of drug-likeness (QED) is 0.541. The number of likely N-dealkylation sites (N-methyl/N-ethyl adjacent to an activating group) is 1. The van der Waals surface area contributed by atoms with E-state index in [1.807, 2.05) is 13.1 Å². The molecule has 4 atom stereocenters. The van der Waals surface area contributed by atoms with Gasteiger partial charge in [-0.2, -0.15) is 0 Å². The number of nitrogens with zero attached hydrogens (tertiary/aromatic N) is 2. The molecule has 2 N–H and O–H groups in total. The molecule has 1 aromatic rings. The lowest BCUT2D eigenvalue weighted by Gasteiger charge is -2.31. The van der Waals surface area contributed by atoms with E-state index in [9.17, 15) is 0 Å². The largest absolute Gasteiger partial charge is 0.497 e. The highest BCUT2D eigenvalue weighted by molar-refractivity contribution is 5.80. The Balaban J connectivity index is 1.65. The zero-order valence-corrected chi connectivity index (χ0v) is 17.1. The Bertz CT molecular complexity index is 632. The fourth-order valence-electron chi connectivity index (χ4n) is 4.32. The maximum atomic E-state index is 5.96. The highest BCUT2D eigenvalue weighted by atomic mass is 16.5. The van der Waals surface area contributed by atoms with Gasteiger partial charge in [0.2, 0.25) is 0 Å². The van der Waals surface area contributed by atoms with E-state index in [4.69, 9.17) is 9.47 Å². The van der Waals surface area contributed by atoms with Gasteiger partial charge in [0, 0.05) is 13.6 Å². The standard InChI is InChI=1S/C21H34N4O2/c1-5-25(6-2)19(15-8-7-9-16(12-15)26-4)14-23-21(22-3)24-18-13-17-10-11-20(18)27-17/h7-9,12,17-20H,5-6,10-11,13-14H2,1-4H3,(H2,22,23,24). The van der Waals surface area contributed by atoms with Crippen LogP contribution in [0.15, 0.2) is 29.3 Å². The van der Waals surface area contributed by atoms with E-state index in [0.29, 0.717) is 18.2 Å². The van der Waals surface area contributed by atoms with Gasteiger partial charge in [0.15, 0.2) is 5.96 Å². The van der Waals surface area contributed by atoms with E-state index in [0.717, 1.165) is 44.2 Å². The summed E-state index contributed by atoms with van der Waals surface area (Å²) in [7, 11) is 3.55. The van der Waals surface area contributed by atoms with Crippen molar-refractivity contribution in [2.24, 2.45) is 4.99 Å². The minimum atomic E-state index is 0.255. The van der Waals surface area contributed by atoms with Crippen LogP contribution in [0.4, 0.5) is 0 Å². The second-order valence-corrected chi connectivity index (χ2v) is 7.33. The maximum absolute atomic E-state index is 5.96. The van der Waals surface area contributed by atoms with Gasteiger partial charge in [-0.1, -0.05) is 26.0 Å². The third-order valence-electron chi connectivity index (χ3n) is 5.85. The molecule has 150 valence electrons. The van der Waals surface area contributed by atoms with Gasteiger partial charge < -0.3 is 20.1 Å². The molecule has 27 heavy (non-hydrogen) atoms. The molecule has 0 amide bonds. The second kappa shape index (κ2) is 9.42. The molecule has 2 heterocycles. The zero-order chi connectivity index (χ0) is 19.2. The first kappa shape index (κ1) is 20.0. The summed E-state index contributed by atoms with van der Waals surface area (Å²) in [6.45, 7) is 7.18. The van der Waals surface area contributed by atoms with Crippen LogP contribution in [0, 0.1) is 0 Å². The van der Waals surface area contributed by atoms with Crippen molar-refractivity contribution in [3.05, 3.63) is 29.8 Å². The third-order valence-corrected chi connectivity index (χ3v) is 5.85. The first-order valence-corrected chi connectivity index (χ1v) is 10.2. The van der Waals surface area contributed by atoms with E-state index in [2.05, 4.69) is 52.6 Å². The highest BCUT2D eigenvalue weighted by Gasteiger charge is 2.41. The van der Waals surface area contributed by atoms with Gasteiger partial charge in [0.05, 0.1) is 31.4 Å². The van der Waals surface area contributed by atoms with Crippen LogP contribution in [-0.2, 0) is 4.74 Å². The molecule has 6 heteroatoms. The molecule has 6 nitrogen and oxygen atoms in total. The molecule has 2 aliphatic rings. The lowest BCUT2D eigenvalue weighted by Crippen LogP contribution is -2.49. The van der Waals surface area contributed by atoms with Crippen molar-refractivity contribution in [1.29, 1.82) is 0 Å². The van der Waals surface area contributed by atoms with Crippen LogP contribution in [0.5, 0.6) is 5.75 Å². The predicted molar refractivity (Wildman–Crippen MR) is 109 cm³/mol. The summed E-state index contributed by atoms with van der Waals surface area (Å²) in [5, 5.41) is 7.11. The lowest BCUT2D eigenvalue weighted by molar-refractivity contribution is 0.0992. The molecule has 3 rings (SSSR count). The lowest BCUT2D eigenvalue weighted by atomic mass is 9.96. The number of benzene rings is 1. The molecule has 0 spiro atoms. The number of hydrogen-bond acceptors (Lipinski definition) is 4. The maximum Gasteiger partial charge on any atom is 0.191 e. The summed E-state index contributed by atoms with van der Waals surface area (Å²) in [6.07, 6.45) is 4.22. The molecule has 4 unspecified atom stereocenters. The number of guanidine groups is 1. The Morgan fingerprint density at radius 1 is 1.33 bits per heavy atom. The normalized spacial score (nSPS) is 25.7. The summed E-state index contributed by atoms with van der Waals surface area (Å²) in [4.78, 5) is 6.90. The SMILES string of the molecule is CCN(CC)C(CNC(=NC)NC1CC2CCC1O2)c1cccc(OC)c1.